The van der Waals surface area contributed by atoms with E-state index in [2.05, 4.69) is 124 Å². The first-order valence-electron chi connectivity index (χ1n) is 47.4. The van der Waals surface area contributed by atoms with Crippen LogP contribution in [0.2, 0.25) is 10.0 Å². The minimum absolute atomic E-state index is 0.0358. The minimum Gasteiger partial charge on any atom is -0.455 e. The highest BCUT2D eigenvalue weighted by atomic mass is 35.5. The highest BCUT2D eigenvalue weighted by Gasteiger charge is 2.36. The van der Waals surface area contributed by atoms with Crippen LogP contribution in [0.25, 0.3) is 33.2 Å². The molecule has 750 valence electrons. The predicted octanol–water partition coefficient (Wildman–Crippen LogP) is 18.3. The van der Waals surface area contributed by atoms with Gasteiger partial charge in [0, 0.05) is 195 Å². The molecular formula is C101H120Cl2N16O18S4. The lowest BCUT2D eigenvalue weighted by atomic mass is 9.72. The Labute approximate surface area is 832 Å². The number of piperazine rings is 2. The number of rotatable bonds is 31. The van der Waals surface area contributed by atoms with Crippen molar-refractivity contribution in [1.29, 1.82) is 0 Å². The number of methoxy groups -OCH3 is 1. The summed E-state index contributed by atoms with van der Waals surface area (Å²) in [5.74, 6) is -0.190. The van der Waals surface area contributed by atoms with Crippen molar-refractivity contribution in [2.24, 2.45) is 31.4 Å². The third kappa shape index (κ3) is 27.0. The van der Waals surface area contributed by atoms with Crippen LogP contribution in [0.5, 0.6) is 23.0 Å². The maximum Gasteiger partial charge on any atom is 0.441 e. The Morgan fingerprint density at radius 3 is 1.28 bits per heavy atom. The maximum atomic E-state index is 14.1. The molecule has 4 N–H and O–H groups in total. The standard InChI is InChI=1S/C51H61ClN8O9S2.C50H59ClN8O9S2/c1-5-68-50(62)56-70(65)26-24-57(25-27-70)19-16-35(2)28-37-8-12-43(31-46(37)60(63)64)71(66,67)55-49(61)44-13-11-41(30-47(44)69-42-29-38-15-18-53-48(38)54-33-42)59-22-20-58(21-23-59)34-39-14-17-51(3,4)32-45(39)36-6-9-40(52)10-7-36;1-34(15-18-56-23-25-69(64,26-24-56)55-49(61)67-4)27-36-7-11-42(30-45(36)59(62)63)70(65,66)54-48(60)43-12-10-40(29-46(43)68-41-28-37-14-17-52-47(37)53-32-41)58-21-19-57(20-22-58)33-38-13-16-50(2,3)31-44(38)35-5-8-39(51)9-6-35/h6-13,15,18,29-31,33,35H,5,14,16-17,19-28,32,34H2,1-4H3,(H,53,54)(H,55,61);5-12,14,17,28-30,32,34H,13,15-16,18-27,31,33H2,1-4H3,(H,52,53)(H,54,60)/t35-;34-/m00/s1. The molecule has 2 aliphatic carbocycles. The van der Waals surface area contributed by atoms with Crippen molar-refractivity contribution in [2.75, 3.05) is 151 Å². The van der Waals surface area contributed by atoms with Gasteiger partial charge in [0.1, 0.15) is 34.3 Å². The third-order valence-electron chi connectivity index (χ3n) is 27.1. The molecule has 0 radical (unpaired) electrons. The number of benzene rings is 6. The normalized spacial score (nSPS) is 18.0. The monoisotopic (exact) mass is 2040 g/mol. The average molecular weight is 2050 g/mol. The van der Waals surface area contributed by atoms with E-state index in [-0.39, 0.29) is 86.3 Å². The van der Waals surface area contributed by atoms with Crippen LogP contribution < -0.4 is 28.7 Å². The van der Waals surface area contributed by atoms with Gasteiger partial charge in [-0.05, 0) is 214 Å². The minimum atomic E-state index is -4.61. The Morgan fingerprint density at radius 2 is 0.908 bits per heavy atom. The molecule has 6 aromatic carbocycles. The number of nitro benzene ring substituents is 2. The van der Waals surface area contributed by atoms with Crippen LogP contribution >= 0.6 is 23.2 Å². The second-order valence-electron chi connectivity index (χ2n) is 38.7. The Kier molecular flexibility index (Phi) is 33.0. The lowest BCUT2D eigenvalue weighted by Crippen LogP contribution is -2.47. The van der Waals surface area contributed by atoms with Gasteiger partial charge in [-0.15, -0.1) is 8.73 Å². The number of halogens is 2. The van der Waals surface area contributed by atoms with Gasteiger partial charge in [-0.1, -0.05) is 112 Å². The number of carbonyl (C=O) groups is 4. The number of hydrogen-bond donors (Lipinski definition) is 4. The molecule has 0 unspecified atom stereocenters. The third-order valence-corrected chi connectivity index (χ3v) is 34.5. The summed E-state index contributed by atoms with van der Waals surface area (Å²) in [6, 6.07) is 40.9. The van der Waals surface area contributed by atoms with Gasteiger partial charge in [0.15, 0.2) is 0 Å². The molecule has 40 heteroatoms. The number of nitrogens with zero attached hydrogens (tertiary/aromatic N) is 12. The predicted molar refractivity (Wildman–Crippen MR) is 548 cm³/mol. The van der Waals surface area contributed by atoms with E-state index in [1.807, 2.05) is 50.2 Å². The first-order valence-corrected chi connectivity index (χ1v) is 54.9. The smallest absolute Gasteiger partial charge is 0.441 e. The molecule has 4 aliphatic heterocycles. The molecule has 10 aromatic rings. The number of sulfonamides is 2. The first-order chi connectivity index (χ1) is 67.2. The lowest BCUT2D eigenvalue weighted by Gasteiger charge is -2.39. The van der Waals surface area contributed by atoms with E-state index in [0.29, 0.717) is 125 Å². The highest BCUT2D eigenvalue weighted by Crippen LogP contribution is 2.47. The summed E-state index contributed by atoms with van der Waals surface area (Å²) in [6.07, 6.45) is 13.1. The number of amides is 4. The molecule has 4 saturated heterocycles. The van der Waals surface area contributed by atoms with Crippen molar-refractivity contribution in [3.05, 3.63) is 245 Å². The van der Waals surface area contributed by atoms with Crippen molar-refractivity contribution in [3.8, 4) is 23.0 Å². The second-order valence-corrected chi connectivity index (χ2v) is 48.0. The zero-order valence-electron chi connectivity index (χ0n) is 80.3. The van der Waals surface area contributed by atoms with Crippen LogP contribution in [0, 0.1) is 42.9 Å². The Morgan fingerprint density at radius 1 is 0.518 bits per heavy atom. The van der Waals surface area contributed by atoms with Gasteiger partial charge >= 0.3 is 12.2 Å². The first kappa shape index (κ1) is 104. The molecule has 8 heterocycles. The largest absolute Gasteiger partial charge is 0.455 e. The summed E-state index contributed by atoms with van der Waals surface area (Å²) < 4.78 is 115. The molecule has 16 rings (SSSR count). The number of nitro groups is 2. The summed E-state index contributed by atoms with van der Waals surface area (Å²) in [6.45, 7) is 26.0. The van der Waals surface area contributed by atoms with Gasteiger partial charge in [-0.25, -0.2) is 54.3 Å². The molecule has 4 aromatic heterocycles. The molecule has 0 bridgehead atoms. The van der Waals surface area contributed by atoms with E-state index in [4.69, 9.17) is 37.4 Å². The number of allylic oxidation sites excluding steroid dienone is 2. The second kappa shape index (κ2) is 44.8. The van der Waals surface area contributed by atoms with Crippen LogP contribution in [0.4, 0.5) is 32.3 Å². The average Bonchev–Trinajstić information content (AvgIpc) is 0.899. The maximum absolute atomic E-state index is 14.1. The zero-order valence-corrected chi connectivity index (χ0v) is 85.1. The molecule has 2 atom stereocenters. The number of pyridine rings is 2. The summed E-state index contributed by atoms with van der Waals surface area (Å²) in [5.41, 5.74) is 11.3. The zero-order chi connectivity index (χ0) is 100. The Hall–Kier alpha value is -11.7. The number of carbonyl (C=O) groups excluding carboxylic acids is 4. The van der Waals surface area contributed by atoms with E-state index >= 15 is 0 Å². The van der Waals surface area contributed by atoms with E-state index in [1.54, 1.807) is 55.7 Å². The lowest BCUT2D eigenvalue weighted by molar-refractivity contribution is -0.386. The van der Waals surface area contributed by atoms with Crippen LogP contribution in [-0.2, 0) is 61.8 Å². The quantitative estimate of drug-likeness (QED) is 0.0231. The summed E-state index contributed by atoms with van der Waals surface area (Å²) in [4.78, 5) is 103. The summed E-state index contributed by atoms with van der Waals surface area (Å²) >= 11 is 12.5. The number of aromatic amines is 2. The van der Waals surface area contributed by atoms with Gasteiger partial charge in [0.05, 0.1) is 76.3 Å². The molecule has 4 fully saturated rings. The molecule has 0 spiro atoms. The van der Waals surface area contributed by atoms with Crippen molar-refractivity contribution in [3.63, 3.8) is 0 Å². The number of hydrogen-bond acceptors (Lipinski definition) is 26. The van der Waals surface area contributed by atoms with E-state index < -0.39 is 83.1 Å². The van der Waals surface area contributed by atoms with Gasteiger partial charge in [-0.2, -0.15) is 0 Å². The number of fused-ring (bicyclic) bond motifs is 2. The molecule has 6 aliphatic rings. The Bertz CT molecular complexity index is 6910. The number of aromatic nitrogens is 4. The van der Waals surface area contributed by atoms with Crippen molar-refractivity contribution < 1.29 is 73.2 Å². The van der Waals surface area contributed by atoms with E-state index in [9.17, 15) is 64.7 Å². The topological polar surface area (TPSA) is 419 Å². The summed E-state index contributed by atoms with van der Waals surface area (Å²) in [5, 5.41) is 27.7. The van der Waals surface area contributed by atoms with Gasteiger partial charge in [0.25, 0.3) is 43.2 Å². The molecular weight excluding hydrogens is 1920 g/mol. The van der Waals surface area contributed by atoms with Gasteiger partial charge in [0.2, 0.25) is 0 Å². The van der Waals surface area contributed by atoms with Crippen molar-refractivity contribution in [1.82, 2.24) is 49.0 Å². The van der Waals surface area contributed by atoms with Crippen LogP contribution in [0.15, 0.2) is 200 Å². The fourth-order valence-electron chi connectivity index (χ4n) is 18.9. The number of H-pyrrole nitrogens is 2. The van der Waals surface area contributed by atoms with Gasteiger partial charge < -0.3 is 48.5 Å². The SMILES string of the molecule is CCOC(=O)N=S1(=O)CCN(CC[C@H](C)Cc2ccc(S(=O)(=O)NC(=O)c3ccc(N4CCN(CC5=C(c6ccc(Cl)cc6)CC(C)(C)CC5)CC4)cc3Oc3cnc4[nH]ccc4c3)cc2[N+](=O)[O-])CC1.COC(=O)N=S1(=O)CCN(CC[C@H](C)Cc2ccc(S(=O)(=O)NC(=O)c3ccc(N4CCN(CC5=C(c6ccc(Cl)cc6)CC(C)(C)CC5)CC4)cc3Oc3cnc4[nH]ccc4c3)cc2[N+](=O)[O-])CC1. The van der Waals surface area contributed by atoms with Crippen LogP contribution in [-0.4, -0.2) is 240 Å². The molecule has 141 heavy (non-hydrogen) atoms. The van der Waals surface area contributed by atoms with Crippen LogP contribution in [0.3, 0.4) is 0 Å². The number of nitrogens with one attached hydrogen (secondary N) is 4. The fourth-order valence-corrected chi connectivity index (χ4v) is 24.7. The Balaban J connectivity index is 0.000000213. The summed E-state index contributed by atoms with van der Waals surface area (Å²) in [7, 11) is -13.4. The fraction of sp³-hybridized carbons (Fsp3) is 0.426. The van der Waals surface area contributed by atoms with E-state index in [1.165, 1.54) is 89.3 Å². The molecule has 0 saturated carbocycles. The van der Waals surface area contributed by atoms with Crippen LogP contribution in [0.1, 0.15) is 143 Å². The highest BCUT2D eigenvalue weighted by molar-refractivity contribution is 7.94. The van der Waals surface area contributed by atoms with Crippen molar-refractivity contribution in [2.45, 2.75) is 122 Å². The number of anilines is 2. The molecule has 34 nitrogen and oxygen atoms in total. The van der Waals surface area contributed by atoms with Gasteiger partial charge in [-0.3, -0.25) is 39.6 Å². The van der Waals surface area contributed by atoms with E-state index in [0.717, 1.165) is 122 Å². The number of ether oxygens (including phenoxy) is 4. The molecule has 4 amide bonds. The van der Waals surface area contributed by atoms with Crippen molar-refractivity contribution >= 4 is 143 Å².